The van der Waals surface area contributed by atoms with Gasteiger partial charge in [-0.05, 0) is 42.0 Å². The Labute approximate surface area is 153 Å². The van der Waals surface area contributed by atoms with Crippen LogP contribution >= 0.6 is 11.8 Å². The first-order chi connectivity index (χ1) is 12.5. The van der Waals surface area contributed by atoms with Gasteiger partial charge < -0.3 is 15.4 Å². The molecule has 0 radical (unpaired) electrons. The Morgan fingerprint density at radius 2 is 1.69 bits per heavy atom. The van der Waals surface area contributed by atoms with Crippen molar-refractivity contribution >= 4 is 23.4 Å². The monoisotopic (exact) mass is 381 g/mol. The standard InChI is InChI=1S/C18H18F3N3OS/c19-18(20,21)12-25-11-13-1-5-15(6-2-13)26-16-7-3-14(4-8-16)24-17-22-9-10-23-17/h1-8H,9-12H2,(H2,22,23,24). The Bertz CT molecular complexity index is 746. The van der Waals surface area contributed by atoms with Crippen molar-refractivity contribution in [1.82, 2.24) is 5.32 Å². The van der Waals surface area contributed by atoms with Crippen LogP contribution in [0.5, 0.6) is 0 Å². The highest BCUT2D eigenvalue weighted by Crippen LogP contribution is 2.29. The molecule has 0 spiro atoms. The van der Waals surface area contributed by atoms with E-state index in [0.29, 0.717) is 5.56 Å². The quantitative estimate of drug-likeness (QED) is 0.784. The van der Waals surface area contributed by atoms with E-state index in [1.54, 1.807) is 23.9 Å². The topological polar surface area (TPSA) is 45.6 Å². The van der Waals surface area contributed by atoms with Crippen LogP contribution in [0.2, 0.25) is 0 Å². The minimum absolute atomic E-state index is 0.0528. The number of alkyl halides is 3. The number of ether oxygens (including phenoxy) is 1. The van der Waals surface area contributed by atoms with E-state index in [4.69, 9.17) is 0 Å². The van der Waals surface area contributed by atoms with Gasteiger partial charge in [-0.2, -0.15) is 13.2 Å². The summed E-state index contributed by atoms with van der Waals surface area (Å²) in [6.45, 7) is 0.357. The predicted octanol–water partition coefficient (Wildman–Crippen LogP) is 4.29. The lowest BCUT2D eigenvalue weighted by molar-refractivity contribution is -0.176. The molecule has 1 heterocycles. The fourth-order valence-corrected chi connectivity index (χ4v) is 3.12. The summed E-state index contributed by atoms with van der Waals surface area (Å²) in [5, 5.41) is 6.35. The molecule has 3 rings (SSSR count). The van der Waals surface area contributed by atoms with E-state index >= 15 is 0 Å². The van der Waals surface area contributed by atoms with Crippen molar-refractivity contribution in [2.24, 2.45) is 4.99 Å². The first kappa shape index (κ1) is 18.6. The lowest BCUT2D eigenvalue weighted by Crippen LogP contribution is -2.26. The zero-order valence-electron chi connectivity index (χ0n) is 13.8. The molecule has 0 amide bonds. The lowest BCUT2D eigenvalue weighted by atomic mass is 10.2. The van der Waals surface area contributed by atoms with E-state index in [-0.39, 0.29) is 6.61 Å². The summed E-state index contributed by atoms with van der Waals surface area (Å²) < 4.78 is 40.8. The molecule has 2 N–H and O–H groups in total. The molecule has 0 bridgehead atoms. The summed E-state index contributed by atoms with van der Waals surface area (Å²) in [5.41, 5.74) is 1.67. The van der Waals surface area contributed by atoms with Crippen LogP contribution in [-0.4, -0.2) is 31.8 Å². The van der Waals surface area contributed by atoms with Crippen LogP contribution in [0.3, 0.4) is 0 Å². The van der Waals surface area contributed by atoms with E-state index < -0.39 is 12.8 Å². The molecule has 0 fully saturated rings. The molecular formula is C18H18F3N3OS. The number of halogens is 3. The van der Waals surface area contributed by atoms with Gasteiger partial charge in [0.05, 0.1) is 13.2 Å². The van der Waals surface area contributed by atoms with Crippen molar-refractivity contribution < 1.29 is 17.9 Å². The Hall–Kier alpha value is -2.19. The SMILES string of the molecule is FC(F)(F)COCc1ccc(Sc2ccc(NC3=NCCN3)cc2)cc1. The molecule has 1 aliphatic rings. The molecule has 26 heavy (non-hydrogen) atoms. The van der Waals surface area contributed by atoms with E-state index in [1.165, 1.54) is 0 Å². The number of hydrogen-bond donors (Lipinski definition) is 2. The van der Waals surface area contributed by atoms with Crippen LogP contribution in [0.25, 0.3) is 0 Å². The second-order valence-electron chi connectivity index (χ2n) is 5.66. The van der Waals surface area contributed by atoms with Crippen molar-refractivity contribution in [1.29, 1.82) is 0 Å². The lowest BCUT2D eigenvalue weighted by Gasteiger charge is -2.09. The third-order valence-corrected chi connectivity index (χ3v) is 4.50. The Morgan fingerprint density at radius 1 is 1.04 bits per heavy atom. The largest absolute Gasteiger partial charge is 0.411 e. The van der Waals surface area contributed by atoms with Gasteiger partial charge in [0.25, 0.3) is 0 Å². The summed E-state index contributed by atoms with van der Waals surface area (Å²) in [7, 11) is 0. The van der Waals surface area contributed by atoms with Crippen LogP contribution in [0.1, 0.15) is 5.56 Å². The van der Waals surface area contributed by atoms with Crippen LogP contribution in [0.4, 0.5) is 18.9 Å². The van der Waals surface area contributed by atoms with Crippen LogP contribution in [-0.2, 0) is 11.3 Å². The first-order valence-corrected chi connectivity index (χ1v) is 8.86. The number of benzene rings is 2. The summed E-state index contributed by atoms with van der Waals surface area (Å²) in [6, 6.07) is 15.3. The van der Waals surface area contributed by atoms with Crippen molar-refractivity contribution in [3.63, 3.8) is 0 Å². The summed E-state index contributed by atoms with van der Waals surface area (Å²) in [4.78, 5) is 6.35. The molecule has 2 aromatic carbocycles. The maximum absolute atomic E-state index is 12.1. The minimum Gasteiger partial charge on any atom is -0.367 e. The maximum atomic E-state index is 12.1. The molecule has 0 aromatic heterocycles. The maximum Gasteiger partial charge on any atom is 0.411 e. The average molecular weight is 381 g/mol. The zero-order chi connectivity index (χ0) is 18.4. The van der Waals surface area contributed by atoms with Crippen molar-refractivity contribution in [3.8, 4) is 0 Å². The molecule has 0 aliphatic carbocycles. The number of anilines is 1. The Balaban J connectivity index is 1.50. The summed E-state index contributed by atoms with van der Waals surface area (Å²) in [6.07, 6.45) is -4.29. The summed E-state index contributed by atoms with van der Waals surface area (Å²) in [5.74, 6) is 0.786. The first-order valence-electron chi connectivity index (χ1n) is 8.05. The predicted molar refractivity (Wildman–Crippen MR) is 96.6 cm³/mol. The third kappa shape index (κ3) is 5.96. The Morgan fingerprint density at radius 3 is 2.27 bits per heavy atom. The third-order valence-electron chi connectivity index (χ3n) is 3.48. The van der Waals surface area contributed by atoms with E-state index in [1.807, 2.05) is 36.4 Å². The van der Waals surface area contributed by atoms with Crippen LogP contribution < -0.4 is 10.6 Å². The number of rotatable bonds is 6. The molecule has 4 nitrogen and oxygen atoms in total. The van der Waals surface area contributed by atoms with Gasteiger partial charge in [-0.25, -0.2) is 0 Å². The van der Waals surface area contributed by atoms with Crippen LogP contribution in [0.15, 0.2) is 63.3 Å². The molecule has 0 unspecified atom stereocenters. The van der Waals surface area contributed by atoms with Gasteiger partial charge in [0.2, 0.25) is 0 Å². The van der Waals surface area contributed by atoms with Gasteiger partial charge in [-0.1, -0.05) is 23.9 Å². The highest BCUT2D eigenvalue weighted by Gasteiger charge is 2.27. The molecule has 8 heteroatoms. The normalized spacial score (nSPS) is 14.0. The van der Waals surface area contributed by atoms with Crippen molar-refractivity contribution in [3.05, 3.63) is 54.1 Å². The van der Waals surface area contributed by atoms with Crippen molar-refractivity contribution in [2.75, 3.05) is 25.0 Å². The van der Waals surface area contributed by atoms with Crippen LogP contribution in [0, 0.1) is 0 Å². The second kappa shape index (κ2) is 8.46. The fraction of sp³-hybridized carbons (Fsp3) is 0.278. The number of nitrogens with zero attached hydrogens (tertiary/aromatic N) is 1. The molecule has 0 atom stereocenters. The highest BCUT2D eigenvalue weighted by atomic mass is 32.2. The van der Waals surface area contributed by atoms with Gasteiger partial charge in [0.15, 0.2) is 5.96 Å². The van der Waals surface area contributed by atoms with Gasteiger partial charge in [0.1, 0.15) is 6.61 Å². The summed E-state index contributed by atoms with van der Waals surface area (Å²) >= 11 is 1.58. The Kier molecular flexibility index (Phi) is 6.05. The number of guanidine groups is 1. The van der Waals surface area contributed by atoms with E-state index in [0.717, 1.165) is 34.5 Å². The van der Waals surface area contributed by atoms with Gasteiger partial charge in [-0.15, -0.1) is 0 Å². The number of hydrogen-bond acceptors (Lipinski definition) is 5. The minimum atomic E-state index is -4.29. The molecular weight excluding hydrogens is 363 g/mol. The van der Waals surface area contributed by atoms with Gasteiger partial charge in [-0.3, -0.25) is 4.99 Å². The van der Waals surface area contributed by atoms with Gasteiger partial charge in [0, 0.05) is 22.0 Å². The highest BCUT2D eigenvalue weighted by molar-refractivity contribution is 7.99. The average Bonchev–Trinajstić information content (AvgIpc) is 3.10. The molecule has 2 aromatic rings. The second-order valence-corrected chi connectivity index (χ2v) is 6.81. The molecule has 1 aliphatic heterocycles. The molecule has 0 saturated heterocycles. The van der Waals surface area contributed by atoms with E-state index in [9.17, 15) is 13.2 Å². The molecule has 0 saturated carbocycles. The van der Waals surface area contributed by atoms with Gasteiger partial charge >= 0.3 is 6.18 Å². The zero-order valence-corrected chi connectivity index (χ0v) is 14.7. The fourth-order valence-electron chi connectivity index (χ4n) is 2.30. The number of aliphatic imine (C=N–C) groups is 1. The van der Waals surface area contributed by atoms with Crippen molar-refractivity contribution in [2.45, 2.75) is 22.6 Å². The molecule has 138 valence electrons. The smallest absolute Gasteiger partial charge is 0.367 e. The van der Waals surface area contributed by atoms with E-state index in [2.05, 4.69) is 20.4 Å². The number of nitrogens with one attached hydrogen (secondary N) is 2.